The molecule has 21 heavy (non-hydrogen) atoms. The van der Waals surface area contributed by atoms with Gasteiger partial charge in [0.1, 0.15) is 23.4 Å². The first-order valence-electron chi connectivity index (χ1n) is 6.34. The SMILES string of the molecule is COc1ccc(OC)c(C(O)c2c(Cl)cccc2OC)c1. The number of ether oxygens (including phenoxy) is 3. The van der Waals surface area contributed by atoms with Crippen LogP contribution in [0.3, 0.4) is 0 Å². The van der Waals surface area contributed by atoms with E-state index in [1.165, 1.54) is 7.11 Å². The summed E-state index contributed by atoms with van der Waals surface area (Å²) in [5, 5.41) is 11.1. The van der Waals surface area contributed by atoms with Gasteiger partial charge in [0.2, 0.25) is 0 Å². The zero-order valence-electron chi connectivity index (χ0n) is 12.1. The molecule has 112 valence electrons. The van der Waals surface area contributed by atoms with Crippen molar-refractivity contribution in [2.75, 3.05) is 21.3 Å². The maximum atomic E-state index is 10.7. The van der Waals surface area contributed by atoms with Crippen LogP contribution < -0.4 is 14.2 Å². The lowest BCUT2D eigenvalue weighted by atomic mass is 9.99. The fourth-order valence-corrected chi connectivity index (χ4v) is 2.44. The van der Waals surface area contributed by atoms with Crippen LogP contribution in [0.1, 0.15) is 17.2 Å². The van der Waals surface area contributed by atoms with Crippen LogP contribution in [0, 0.1) is 0 Å². The minimum Gasteiger partial charge on any atom is -0.497 e. The fourth-order valence-electron chi connectivity index (χ4n) is 2.17. The van der Waals surface area contributed by atoms with E-state index in [4.69, 9.17) is 25.8 Å². The van der Waals surface area contributed by atoms with Gasteiger partial charge >= 0.3 is 0 Å². The molecule has 0 aliphatic carbocycles. The summed E-state index contributed by atoms with van der Waals surface area (Å²) in [5.74, 6) is 1.68. The summed E-state index contributed by atoms with van der Waals surface area (Å²) in [7, 11) is 4.64. The molecule has 0 bridgehead atoms. The van der Waals surface area contributed by atoms with Gasteiger partial charge in [-0.2, -0.15) is 0 Å². The van der Waals surface area contributed by atoms with E-state index >= 15 is 0 Å². The molecule has 0 aliphatic heterocycles. The Labute approximate surface area is 128 Å². The molecule has 0 amide bonds. The third-order valence-electron chi connectivity index (χ3n) is 3.24. The van der Waals surface area contributed by atoms with Gasteiger partial charge in [0, 0.05) is 11.1 Å². The highest BCUT2D eigenvalue weighted by Gasteiger charge is 2.22. The van der Waals surface area contributed by atoms with Crippen LogP contribution >= 0.6 is 11.6 Å². The van der Waals surface area contributed by atoms with Crippen molar-refractivity contribution in [2.24, 2.45) is 0 Å². The van der Waals surface area contributed by atoms with Gasteiger partial charge in [-0.25, -0.2) is 0 Å². The average Bonchev–Trinajstić information content (AvgIpc) is 2.53. The second-order valence-corrected chi connectivity index (χ2v) is 4.77. The van der Waals surface area contributed by atoms with Crippen LogP contribution in [0.25, 0.3) is 0 Å². The Morgan fingerprint density at radius 1 is 0.952 bits per heavy atom. The van der Waals surface area contributed by atoms with E-state index in [-0.39, 0.29) is 0 Å². The van der Waals surface area contributed by atoms with E-state index in [0.29, 0.717) is 33.4 Å². The molecule has 0 spiro atoms. The van der Waals surface area contributed by atoms with E-state index in [1.54, 1.807) is 50.6 Å². The Morgan fingerprint density at radius 2 is 1.67 bits per heavy atom. The predicted molar refractivity (Wildman–Crippen MR) is 81.6 cm³/mol. The summed E-state index contributed by atoms with van der Waals surface area (Å²) in [6.07, 6.45) is -0.987. The first kappa shape index (κ1) is 15.5. The second kappa shape index (κ2) is 6.70. The molecule has 0 saturated heterocycles. The molecular weight excluding hydrogens is 292 g/mol. The molecular formula is C16H17ClO4. The average molecular weight is 309 g/mol. The molecule has 2 aromatic rings. The van der Waals surface area contributed by atoms with E-state index in [0.717, 1.165) is 0 Å². The Hall–Kier alpha value is -1.91. The molecule has 0 aromatic heterocycles. The lowest BCUT2D eigenvalue weighted by molar-refractivity contribution is 0.209. The summed E-state index contributed by atoms with van der Waals surface area (Å²) in [6.45, 7) is 0. The van der Waals surface area contributed by atoms with Crippen LogP contribution in [-0.4, -0.2) is 26.4 Å². The molecule has 1 N–H and O–H groups in total. The van der Waals surface area contributed by atoms with Gasteiger partial charge in [-0.05, 0) is 30.3 Å². The molecule has 0 radical (unpaired) electrons. The molecule has 2 aromatic carbocycles. The summed E-state index contributed by atoms with van der Waals surface area (Å²) in [6, 6.07) is 10.4. The molecule has 1 unspecified atom stereocenters. The van der Waals surface area contributed by atoms with Gasteiger partial charge in [0.05, 0.1) is 26.4 Å². The Kier molecular flexibility index (Phi) is 4.94. The van der Waals surface area contributed by atoms with Crippen LogP contribution in [0.15, 0.2) is 36.4 Å². The lowest BCUT2D eigenvalue weighted by Gasteiger charge is -2.19. The third kappa shape index (κ3) is 3.06. The van der Waals surface area contributed by atoms with Gasteiger partial charge in [-0.3, -0.25) is 0 Å². The lowest BCUT2D eigenvalue weighted by Crippen LogP contribution is -2.05. The monoisotopic (exact) mass is 308 g/mol. The van der Waals surface area contributed by atoms with Crippen molar-refractivity contribution in [1.82, 2.24) is 0 Å². The van der Waals surface area contributed by atoms with Gasteiger partial charge in [0.15, 0.2) is 0 Å². The van der Waals surface area contributed by atoms with Crippen molar-refractivity contribution < 1.29 is 19.3 Å². The molecule has 0 aliphatic rings. The molecule has 0 saturated carbocycles. The van der Waals surface area contributed by atoms with Crippen molar-refractivity contribution in [3.63, 3.8) is 0 Å². The number of aliphatic hydroxyl groups is 1. The van der Waals surface area contributed by atoms with Crippen molar-refractivity contribution in [3.8, 4) is 17.2 Å². The third-order valence-corrected chi connectivity index (χ3v) is 3.57. The van der Waals surface area contributed by atoms with E-state index in [1.807, 2.05) is 0 Å². The van der Waals surface area contributed by atoms with Crippen molar-refractivity contribution in [3.05, 3.63) is 52.5 Å². The summed E-state index contributed by atoms with van der Waals surface area (Å²) < 4.78 is 15.8. The Balaban J connectivity index is 2.56. The number of halogens is 1. The van der Waals surface area contributed by atoms with Gasteiger partial charge in [-0.15, -0.1) is 0 Å². The maximum absolute atomic E-state index is 10.7. The smallest absolute Gasteiger partial charge is 0.126 e. The largest absolute Gasteiger partial charge is 0.497 e. The van der Waals surface area contributed by atoms with Crippen molar-refractivity contribution in [1.29, 1.82) is 0 Å². The number of methoxy groups -OCH3 is 3. The first-order valence-corrected chi connectivity index (χ1v) is 6.72. The minimum absolute atomic E-state index is 0.423. The molecule has 0 heterocycles. The molecule has 0 fully saturated rings. The predicted octanol–water partition coefficient (Wildman–Crippen LogP) is 3.45. The summed E-state index contributed by atoms with van der Waals surface area (Å²) >= 11 is 6.21. The van der Waals surface area contributed by atoms with Crippen molar-refractivity contribution >= 4 is 11.6 Å². The maximum Gasteiger partial charge on any atom is 0.126 e. The summed E-state index contributed by atoms with van der Waals surface area (Å²) in [4.78, 5) is 0. The van der Waals surface area contributed by atoms with Crippen LogP contribution in [0.4, 0.5) is 0 Å². The topological polar surface area (TPSA) is 47.9 Å². The van der Waals surface area contributed by atoms with E-state index < -0.39 is 6.10 Å². The van der Waals surface area contributed by atoms with Gasteiger partial charge in [0.25, 0.3) is 0 Å². The van der Waals surface area contributed by atoms with E-state index in [9.17, 15) is 5.11 Å². The highest BCUT2D eigenvalue weighted by Crippen LogP contribution is 2.39. The van der Waals surface area contributed by atoms with Gasteiger partial charge in [-0.1, -0.05) is 17.7 Å². The molecule has 4 nitrogen and oxygen atoms in total. The van der Waals surface area contributed by atoms with Crippen LogP contribution in [0.2, 0.25) is 5.02 Å². The standard InChI is InChI=1S/C16H17ClO4/c1-19-10-7-8-13(20-2)11(9-10)16(18)15-12(17)5-4-6-14(15)21-3/h4-9,16,18H,1-3H3. The van der Waals surface area contributed by atoms with Crippen LogP contribution in [0.5, 0.6) is 17.2 Å². The Morgan fingerprint density at radius 3 is 2.29 bits per heavy atom. The molecule has 2 rings (SSSR count). The quantitative estimate of drug-likeness (QED) is 0.919. The number of hydrogen-bond donors (Lipinski definition) is 1. The number of aliphatic hydroxyl groups excluding tert-OH is 1. The highest BCUT2D eigenvalue weighted by atomic mass is 35.5. The van der Waals surface area contributed by atoms with Crippen LogP contribution in [-0.2, 0) is 0 Å². The normalized spacial score (nSPS) is 11.9. The number of rotatable bonds is 5. The highest BCUT2D eigenvalue weighted by molar-refractivity contribution is 6.31. The number of benzene rings is 2. The zero-order chi connectivity index (χ0) is 15.4. The number of hydrogen-bond acceptors (Lipinski definition) is 4. The zero-order valence-corrected chi connectivity index (χ0v) is 12.8. The Bertz CT molecular complexity index is 628. The second-order valence-electron chi connectivity index (χ2n) is 4.37. The molecule has 1 atom stereocenters. The minimum atomic E-state index is -0.987. The molecule has 5 heteroatoms. The van der Waals surface area contributed by atoms with Crippen molar-refractivity contribution in [2.45, 2.75) is 6.10 Å². The first-order chi connectivity index (χ1) is 10.1. The summed E-state index contributed by atoms with van der Waals surface area (Å²) in [5.41, 5.74) is 1.05. The fraction of sp³-hybridized carbons (Fsp3) is 0.250. The van der Waals surface area contributed by atoms with Gasteiger partial charge < -0.3 is 19.3 Å². The van der Waals surface area contributed by atoms with E-state index in [2.05, 4.69) is 0 Å².